The Morgan fingerprint density at radius 2 is 1.89 bits per heavy atom. The Bertz CT molecular complexity index is 735. The fraction of sp³-hybridized carbons (Fsp3) is 0.0667. The van der Waals surface area contributed by atoms with Gasteiger partial charge >= 0.3 is 0 Å². The lowest BCUT2D eigenvalue weighted by Crippen LogP contribution is -1.90. The molecule has 0 aliphatic rings. The summed E-state index contributed by atoms with van der Waals surface area (Å²) in [6.07, 6.45) is 1.60. The van der Waals surface area contributed by atoms with Crippen molar-refractivity contribution in [2.75, 3.05) is 5.73 Å². The van der Waals surface area contributed by atoms with Crippen molar-refractivity contribution in [1.29, 1.82) is 0 Å². The second-order valence-electron chi connectivity index (χ2n) is 4.32. The zero-order valence-corrected chi connectivity index (χ0v) is 11.3. The van der Waals surface area contributed by atoms with Gasteiger partial charge in [-0.05, 0) is 30.7 Å². The van der Waals surface area contributed by atoms with Gasteiger partial charge in [-0.15, -0.1) is 0 Å². The molecule has 2 N–H and O–H groups in total. The molecule has 3 nitrogen and oxygen atoms in total. The normalized spacial score (nSPS) is 10.8. The van der Waals surface area contributed by atoms with E-state index < -0.39 is 0 Å². The molecule has 1 aromatic heterocycles. The molecule has 0 amide bonds. The monoisotopic (exact) mass is 267 g/mol. The summed E-state index contributed by atoms with van der Waals surface area (Å²) in [4.78, 5) is 9.72. The molecule has 4 heteroatoms. The molecule has 0 atom stereocenters. The number of nitrogens with two attached hydrogens (primary N) is 1. The number of anilines is 1. The van der Waals surface area contributed by atoms with Crippen LogP contribution in [0.1, 0.15) is 5.56 Å². The molecule has 1 heterocycles. The molecule has 0 radical (unpaired) electrons. The molecule has 0 bridgehead atoms. The van der Waals surface area contributed by atoms with Crippen molar-refractivity contribution >= 4 is 28.4 Å². The summed E-state index contributed by atoms with van der Waals surface area (Å²) in [6, 6.07) is 14.1. The maximum atomic E-state index is 5.94. The number of para-hydroxylation sites is 1. The number of nitrogens with zero attached hydrogens (tertiary/aromatic N) is 2. The second-order valence-corrected chi connectivity index (χ2v) is 5.38. The minimum Gasteiger partial charge on any atom is -0.398 e. The Labute approximate surface area is 115 Å². The predicted octanol–water partition coefficient (Wildman–Crippen LogP) is 3.67. The fourth-order valence-electron chi connectivity index (χ4n) is 1.86. The fourth-order valence-corrected chi connectivity index (χ4v) is 2.78. The molecular weight excluding hydrogens is 254 g/mol. The van der Waals surface area contributed by atoms with Gasteiger partial charge in [0.25, 0.3) is 0 Å². The average Bonchev–Trinajstić information content (AvgIpc) is 2.43. The Balaban J connectivity index is 2.03. The largest absolute Gasteiger partial charge is 0.398 e. The summed E-state index contributed by atoms with van der Waals surface area (Å²) in [5, 5.41) is 2.02. The highest BCUT2D eigenvalue weighted by Gasteiger charge is 2.06. The first-order chi connectivity index (χ1) is 9.24. The van der Waals surface area contributed by atoms with Crippen molar-refractivity contribution in [2.45, 2.75) is 16.8 Å². The zero-order valence-electron chi connectivity index (χ0n) is 10.5. The third-order valence-corrected chi connectivity index (χ3v) is 3.98. The number of aromatic nitrogens is 2. The van der Waals surface area contributed by atoms with Crippen LogP contribution in [-0.2, 0) is 0 Å². The van der Waals surface area contributed by atoms with Gasteiger partial charge in [-0.25, -0.2) is 9.97 Å². The van der Waals surface area contributed by atoms with E-state index in [0.717, 1.165) is 32.1 Å². The quantitative estimate of drug-likeness (QED) is 0.568. The van der Waals surface area contributed by atoms with Crippen LogP contribution in [0.15, 0.2) is 58.7 Å². The molecule has 0 aliphatic carbocycles. The maximum absolute atomic E-state index is 5.94. The van der Waals surface area contributed by atoms with E-state index in [2.05, 4.69) is 16.0 Å². The summed E-state index contributed by atoms with van der Waals surface area (Å²) < 4.78 is 0. The van der Waals surface area contributed by atoms with Gasteiger partial charge in [0.1, 0.15) is 11.4 Å². The number of fused-ring (bicyclic) bond motifs is 1. The van der Waals surface area contributed by atoms with Gasteiger partial charge < -0.3 is 5.73 Å². The van der Waals surface area contributed by atoms with Crippen LogP contribution in [0.5, 0.6) is 0 Å². The number of rotatable bonds is 2. The van der Waals surface area contributed by atoms with Crippen LogP contribution in [0.25, 0.3) is 10.9 Å². The minimum absolute atomic E-state index is 0.809. The number of hydrogen-bond donors (Lipinski definition) is 1. The number of nitrogen functional groups attached to an aromatic ring is 1. The standard InChI is InChI=1S/C15H13N3S/c1-10-6-7-11(8-13(10)16)19-15-12-4-2-3-5-14(12)17-9-18-15/h2-9H,16H2,1H3. The zero-order chi connectivity index (χ0) is 13.2. The van der Waals surface area contributed by atoms with E-state index in [1.807, 2.05) is 43.3 Å². The molecule has 0 unspecified atom stereocenters. The molecule has 94 valence electrons. The summed E-state index contributed by atoms with van der Waals surface area (Å²) in [7, 11) is 0. The molecule has 0 saturated carbocycles. The third-order valence-electron chi connectivity index (χ3n) is 2.97. The molecule has 0 fully saturated rings. The van der Waals surface area contributed by atoms with Crippen LogP contribution >= 0.6 is 11.8 Å². The SMILES string of the molecule is Cc1ccc(Sc2ncnc3ccccc23)cc1N. The van der Waals surface area contributed by atoms with E-state index in [4.69, 9.17) is 5.73 Å². The smallest absolute Gasteiger partial charge is 0.117 e. The summed E-state index contributed by atoms with van der Waals surface area (Å²) in [5.41, 5.74) is 8.80. The maximum Gasteiger partial charge on any atom is 0.117 e. The minimum atomic E-state index is 0.809. The van der Waals surface area contributed by atoms with Crippen molar-refractivity contribution in [2.24, 2.45) is 0 Å². The van der Waals surface area contributed by atoms with Gasteiger partial charge in [-0.2, -0.15) is 0 Å². The van der Waals surface area contributed by atoms with Crippen molar-refractivity contribution in [3.05, 3.63) is 54.4 Å². The van der Waals surface area contributed by atoms with E-state index in [1.54, 1.807) is 18.1 Å². The van der Waals surface area contributed by atoms with Crippen molar-refractivity contribution < 1.29 is 0 Å². The molecule has 2 aromatic carbocycles. The first kappa shape index (κ1) is 12.0. The lowest BCUT2D eigenvalue weighted by molar-refractivity contribution is 1.10. The van der Waals surface area contributed by atoms with Gasteiger partial charge in [0.05, 0.1) is 5.52 Å². The van der Waals surface area contributed by atoms with Crippen LogP contribution in [0.3, 0.4) is 0 Å². The summed E-state index contributed by atoms with van der Waals surface area (Å²) in [5.74, 6) is 0. The predicted molar refractivity (Wildman–Crippen MR) is 79.3 cm³/mol. The Kier molecular flexibility index (Phi) is 3.09. The van der Waals surface area contributed by atoms with Gasteiger partial charge in [-0.1, -0.05) is 36.0 Å². The highest BCUT2D eigenvalue weighted by atomic mass is 32.2. The van der Waals surface area contributed by atoms with Crippen molar-refractivity contribution in [1.82, 2.24) is 9.97 Å². The third kappa shape index (κ3) is 2.39. The molecule has 3 aromatic rings. The highest BCUT2D eigenvalue weighted by molar-refractivity contribution is 7.99. The summed E-state index contributed by atoms with van der Waals surface area (Å²) in [6.45, 7) is 2.00. The molecule has 19 heavy (non-hydrogen) atoms. The van der Waals surface area contributed by atoms with Crippen LogP contribution in [0.4, 0.5) is 5.69 Å². The molecule has 3 rings (SSSR count). The summed E-state index contributed by atoms with van der Waals surface area (Å²) >= 11 is 1.61. The highest BCUT2D eigenvalue weighted by Crippen LogP contribution is 2.32. The Morgan fingerprint density at radius 3 is 2.74 bits per heavy atom. The van der Waals surface area contributed by atoms with Gasteiger partial charge in [0.2, 0.25) is 0 Å². The first-order valence-corrected chi connectivity index (χ1v) is 6.79. The van der Waals surface area contributed by atoms with Gasteiger partial charge in [-0.3, -0.25) is 0 Å². The Hall–Kier alpha value is -2.07. The van der Waals surface area contributed by atoms with Crippen LogP contribution in [0, 0.1) is 6.92 Å². The second kappa shape index (κ2) is 4.90. The van der Waals surface area contributed by atoms with Crippen LogP contribution in [-0.4, -0.2) is 9.97 Å². The van der Waals surface area contributed by atoms with E-state index in [1.165, 1.54) is 0 Å². The first-order valence-electron chi connectivity index (χ1n) is 5.98. The van der Waals surface area contributed by atoms with E-state index >= 15 is 0 Å². The van der Waals surface area contributed by atoms with Crippen molar-refractivity contribution in [3.63, 3.8) is 0 Å². The van der Waals surface area contributed by atoms with E-state index in [9.17, 15) is 0 Å². The molecule has 0 aliphatic heterocycles. The van der Waals surface area contributed by atoms with Gasteiger partial charge in [0, 0.05) is 16.0 Å². The number of hydrogen-bond acceptors (Lipinski definition) is 4. The van der Waals surface area contributed by atoms with Crippen LogP contribution < -0.4 is 5.73 Å². The van der Waals surface area contributed by atoms with E-state index in [0.29, 0.717) is 0 Å². The molecular formula is C15H13N3S. The lowest BCUT2D eigenvalue weighted by atomic mass is 10.2. The molecule has 0 saturated heterocycles. The molecule has 0 spiro atoms. The number of aryl methyl sites for hydroxylation is 1. The number of benzene rings is 2. The topological polar surface area (TPSA) is 51.8 Å². The van der Waals surface area contributed by atoms with Crippen LogP contribution in [0.2, 0.25) is 0 Å². The van der Waals surface area contributed by atoms with Crippen molar-refractivity contribution in [3.8, 4) is 0 Å². The Morgan fingerprint density at radius 1 is 1.05 bits per heavy atom. The average molecular weight is 267 g/mol. The lowest BCUT2D eigenvalue weighted by Gasteiger charge is -2.06. The van der Waals surface area contributed by atoms with Gasteiger partial charge in [0.15, 0.2) is 0 Å². The van der Waals surface area contributed by atoms with E-state index in [-0.39, 0.29) is 0 Å².